The van der Waals surface area contributed by atoms with E-state index < -0.39 is 16.6 Å². The van der Waals surface area contributed by atoms with Crippen molar-refractivity contribution in [3.8, 4) is 28.5 Å². The second-order valence-electron chi connectivity index (χ2n) is 6.55. The molecular formula is C21H16N4O7. The predicted octanol–water partition coefficient (Wildman–Crippen LogP) is 3.97. The molecule has 0 atom stereocenters. The van der Waals surface area contributed by atoms with E-state index in [-0.39, 0.29) is 29.7 Å². The largest absolute Gasteiger partial charge is 0.477 e. The van der Waals surface area contributed by atoms with E-state index in [4.69, 9.17) is 13.7 Å². The molecule has 0 fully saturated rings. The molecule has 162 valence electrons. The second kappa shape index (κ2) is 8.68. The summed E-state index contributed by atoms with van der Waals surface area (Å²) in [6, 6.07) is 13.1. The zero-order valence-corrected chi connectivity index (χ0v) is 17.0. The number of aryl methyl sites for hydroxylation is 1. The topological polar surface area (TPSA) is 144 Å². The summed E-state index contributed by atoms with van der Waals surface area (Å²) in [7, 11) is 1.19. The van der Waals surface area contributed by atoms with Crippen molar-refractivity contribution in [2.24, 2.45) is 0 Å². The molecule has 4 rings (SSSR count). The Morgan fingerprint density at radius 3 is 2.66 bits per heavy atom. The number of ether oxygens (including phenoxy) is 2. The predicted molar refractivity (Wildman–Crippen MR) is 109 cm³/mol. The summed E-state index contributed by atoms with van der Waals surface area (Å²) in [4.78, 5) is 22.3. The smallest absolute Gasteiger partial charge is 0.338 e. The van der Waals surface area contributed by atoms with Crippen molar-refractivity contribution >= 4 is 11.7 Å². The number of carbonyl (C=O) groups is 1. The Balaban J connectivity index is 1.56. The fourth-order valence-corrected chi connectivity index (χ4v) is 3.00. The van der Waals surface area contributed by atoms with Crippen LogP contribution in [0.25, 0.3) is 22.7 Å². The second-order valence-corrected chi connectivity index (χ2v) is 6.55. The molecule has 0 aliphatic heterocycles. The molecule has 0 saturated carbocycles. The first kappa shape index (κ1) is 20.7. The van der Waals surface area contributed by atoms with Crippen molar-refractivity contribution in [1.29, 1.82) is 0 Å². The molecule has 4 aromatic rings. The number of rotatable bonds is 7. The molecule has 0 amide bonds. The van der Waals surface area contributed by atoms with Gasteiger partial charge in [-0.1, -0.05) is 35.5 Å². The average Bonchev–Trinajstić information content (AvgIpc) is 3.43. The zero-order valence-electron chi connectivity index (χ0n) is 17.0. The van der Waals surface area contributed by atoms with Gasteiger partial charge in [-0.25, -0.2) is 4.79 Å². The summed E-state index contributed by atoms with van der Waals surface area (Å²) < 4.78 is 21.1. The lowest BCUT2D eigenvalue weighted by atomic mass is 10.1. The maximum Gasteiger partial charge on any atom is 0.338 e. The van der Waals surface area contributed by atoms with Crippen LogP contribution in [-0.2, 0) is 11.3 Å². The van der Waals surface area contributed by atoms with E-state index in [1.807, 2.05) is 30.3 Å². The molecule has 0 unspecified atom stereocenters. The number of hydrogen-bond donors (Lipinski definition) is 0. The number of benzene rings is 2. The number of nitrogens with zero attached hydrogens (tertiary/aromatic N) is 4. The number of esters is 1. The molecule has 2 aromatic carbocycles. The lowest BCUT2D eigenvalue weighted by Gasteiger charge is -2.06. The maximum absolute atomic E-state index is 11.6. The SMILES string of the molecule is COC(=O)c1ccc(OCc2nnc(-c3c(-c4ccccc4)noc3C)o2)c([N+](=O)[O-])c1. The van der Waals surface area contributed by atoms with Gasteiger partial charge in [0.25, 0.3) is 11.8 Å². The van der Waals surface area contributed by atoms with Crippen molar-refractivity contribution < 1.29 is 28.1 Å². The van der Waals surface area contributed by atoms with E-state index in [1.165, 1.54) is 19.2 Å². The molecule has 2 heterocycles. The maximum atomic E-state index is 11.6. The van der Waals surface area contributed by atoms with E-state index in [9.17, 15) is 14.9 Å². The third-order valence-corrected chi connectivity index (χ3v) is 4.52. The van der Waals surface area contributed by atoms with Gasteiger partial charge in [0.2, 0.25) is 0 Å². The Hall–Kier alpha value is -4.54. The molecule has 11 nitrogen and oxygen atoms in total. The highest BCUT2D eigenvalue weighted by molar-refractivity contribution is 5.90. The minimum atomic E-state index is -0.695. The first-order valence-corrected chi connectivity index (χ1v) is 9.32. The molecule has 0 saturated heterocycles. The van der Waals surface area contributed by atoms with Crippen LogP contribution in [0.5, 0.6) is 5.75 Å². The van der Waals surface area contributed by atoms with Gasteiger partial charge < -0.3 is 18.4 Å². The number of hydrogen-bond acceptors (Lipinski definition) is 10. The van der Waals surface area contributed by atoms with Gasteiger partial charge in [-0.3, -0.25) is 10.1 Å². The summed E-state index contributed by atoms with van der Waals surface area (Å²) in [5.41, 5.74) is 1.55. The van der Waals surface area contributed by atoms with Gasteiger partial charge in [-0.15, -0.1) is 10.2 Å². The van der Waals surface area contributed by atoms with Gasteiger partial charge in [0.1, 0.15) is 17.0 Å². The number of nitro benzene ring substituents is 1. The summed E-state index contributed by atoms with van der Waals surface area (Å²) >= 11 is 0. The van der Waals surface area contributed by atoms with Crippen LogP contribution < -0.4 is 4.74 Å². The quantitative estimate of drug-likeness (QED) is 0.237. The molecular weight excluding hydrogens is 420 g/mol. The van der Waals surface area contributed by atoms with Crippen LogP contribution in [0.3, 0.4) is 0 Å². The van der Waals surface area contributed by atoms with Crippen LogP contribution in [-0.4, -0.2) is 33.4 Å². The van der Waals surface area contributed by atoms with Gasteiger partial charge >= 0.3 is 11.7 Å². The molecule has 2 aromatic heterocycles. The summed E-state index contributed by atoms with van der Waals surface area (Å²) in [6.45, 7) is 1.50. The minimum Gasteiger partial charge on any atom is -0.477 e. The molecule has 0 bridgehead atoms. The Morgan fingerprint density at radius 2 is 1.94 bits per heavy atom. The standard InChI is InChI=1S/C21H16N4O7/c1-12-18(19(24-32-12)13-6-4-3-5-7-13)20-23-22-17(31-20)11-30-16-9-8-14(21(26)29-2)10-15(16)25(27)28/h3-10H,11H2,1-2H3. The monoisotopic (exact) mass is 436 g/mol. The third-order valence-electron chi connectivity index (χ3n) is 4.52. The number of nitro groups is 1. The molecule has 0 N–H and O–H groups in total. The van der Waals surface area contributed by atoms with Gasteiger partial charge in [0, 0.05) is 11.6 Å². The number of aromatic nitrogens is 3. The molecule has 0 radical (unpaired) electrons. The fraction of sp³-hybridized carbons (Fsp3) is 0.143. The Labute approximate surface area is 180 Å². The first-order valence-electron chi connectivity index (χ1n) is 9.32. The van der Waals surface area contributed by atoms with Crippen molar-refractivity contribution in [3.05, 3.63) is 75.9 Å². The summed E-state index contributed by atoms with van der Waals surface area (Å²) in [5.74, 6) is 0.00439. The lowest BCUT2D eigenvalue weighted by Crippen LogP contribution is -2.04. The van der Waals surface area contributed by atoms with Crippen molar-refractivity contribution in [3.63, 3.8) is 0 Å². The van der Waals surface area contributed by atoms with Crippen LogP contribution in [0.1, 0.15) is 22.0 Å². The fourth-order valence-electron chi connectivity index (χ4n) is 3.00. The van der Waals surface area contributed by atoms with Crippen molar-refractivity contribution in [1.82, 2.24) is 15.4 Å². The van der Waals surface area contributed by atoms with E-state index in [0.29, 0.717) is 17.0 Å². The number of methoxy groups -OCH3 is 1. The van der Waals surface area contributed by atoms with Crippen LogP contribution in [0.15, 0.2) is 57.5 Å². The van der Waals surface area contributed by atoms with E-state index in [1.54, 1.807) is 6.92 Å². The summed E-state index contributed by atoms with van der Waals surface area (Å²) in [5, 5.41) is 23.4. The van der Waals surface area contributed by atoms with Crippen LogP contribution in [0, 0.1) is 17.0 Å². The lowest BCUT2D eigenvalue weighted by molar-refractivity contribution is -0.386. The molecule has 11 heteroatoms. The average molecular weight is 436 g/mol. The van der Waals surface area contributed by atoms with E-state index in [0.717, 1.165) is 11.6 Å². The first-order chi connectivity index (χ1) is 15.5. The number of carbonyl (C=O) groups excluding carboxylic acids is 1. The normalized spacial score (nSPS) is 10.7. The Morgan fingerprint density at radius 1 is 1.16 bits per heavy atom. The van der Waals surface area contributed by atoms with Gasteiger partial charge in [0.05, 0.1) is 17.6 Å². The van der Waals surface area contributed by atoms with Crippen LogP contribution in [0.2, 0.25) is 0 Å². The van der Waals surface area contributed by atoms with Gasteiger partial charge in [-0.2, -0.15) is 0 Å². The van der Waals surface area contributed by atoms with Crippen molar-refractivity contribution in [2.75, 3.05) is 7.11 Å². The highest BCUT2D eigenvalue weighted by Crippen LogP contribution is 2.34. The summed E-state index contributed by atoms with van der Waals surface area (Å²) in [6.07, 6.45) is 0. The van der Waals surface area contributed by atoms with Crippen molar-refractivity contribution in [2.45, 2.75) is 13.5 Å². The van der Waals surface area contributed by atoms with E-state index >= 15 is 0 Å². The Bertz CT molecular complexity index is 1280. The molecule has 0 aliphatic carbocycles. The van der Waals surface area contributed by atoms with E-state index in [2.05, 4.69) is 20.1 Å². The molecule has 32 heavy (non-hydrogen) atoms. The highest BCUT2D eigenvalue weighted by atomic mass is 16.6. The van der Waals surface area contributed by atoms with Gasteiger partial charge in [-0.05, 0) is 19.1 Å². The highest BCUT2D eigenvalue weighted by Gasteiger charge is 2.23. The minimum absolute atomic E-state index is 0.0306. The van der Waals surface area contributed by atoms with Gasteiger partial charge in [0.15, 0.2) is 12.4 Å². The van der Waals surface area contributed by atoms with Crippen LogP contribution >= 0.6 is 0 Å². The molecule has 0 spiro atoms. The third kappa shape index (κ3) is 4.03. The van der Waals surface area contributed by atoms with Crippen LogP contribution in [0.4, 0.5) is 5.69 Å². The molecule has 0 aliphatic rings. The zero-order chi connectivity index (χ0) is 22.7. The Kier molecular flexibility index (Phi) is 5.62.